The maximum atomic E-state index is 6.62. The maximum Gasteiger partial charge on any atom is 0.243 e. The van der Waals surface area contributed by atoms with Crippen molar-refractivity contribution in [3.8, 4) is 5.75 Å². The van der Waals surface area contributed by atoms with Gasteiger partial charge < -0.3 is 28.7 Å². The summed E-state index contributed by atoms with van der Waals surface area (Å²) in [6, 6.07) is 4.40. The molecule has 23 heavy (non-hydrogen) atoms. The van der Waals surface area contributed by atoms with Crippen LogP contribution < -0.4 is 28.7 Å². The fraction of sp³-hybridized carbons (Fsp3) is 0.684. The van der Waals surface area contributed by atoms with Crippen LogP contribution in [-0.2, 0) is 12.0 Å². The van der Waals surface area contributed by atoms with Gasteiger partial charge in [-0.25, -0.2) is 0 Å². The molecule has 0 amide bonds. The molecule has 0 bridgehead atoms. The lowest BCUT2D eigenvalue weighted by atomic mass is 9.84. The Kier molecular flexibility index (Phi) is 5.36. The lowest BCUT2D eigenvalue weighted by molar-refractivity contribution is -0.980. The van der Waals surface area contributed by atoms with Crippen LogP contribution >= 0.6 is 11.6 Å². The highest BCUT2D eigenvalue weighted by molar-refractivity contribution is 6.32. The Hall–Kier alpha value is 0. The summed E-state index contributed by atoms with van der Waals surface area (Å²) in [5.74, 6) is 0.939. The van der Waals surface area contributed by atoms with Crippen molar-refractivity contribution in [2.24, 2.45) is 0 Å². The van der Waals surface area contributed by atoms with Crippen LogP contribution in [0.4, 0.5) is 0 Å². The number of hydrogen-bond acceptors (Lipinski definition) is 1. The summed E-state index contributed by atoms with van der Waals surface area (Å²) in [5.41, 5.74) is 2.58. The zero-order valence-corrected chi connectivity index (χ0v) is 17.9. The Morgan fingerprint density at radius 2 is 1.70 bits per heavy atom. The first kappa shape index (κ1) is 19.3. The number of rotatable bonds is 0. The number of halogens is 2. The summed E-state index contributed by atoms with van der Waals surface area (Å²) in [4.78, 5) is 0. The lowest BCUT2D eigenvalue weighted by Gasteiger charge is -2.53. The predicted molar refractivity (Wildman–Crippen MR) is 92.4 cm³/mol. The lowest BCUT2D eigenvalue weighted by Crippen LogP contribution is -3.00. The van der Waals surface area contributed by atoms with Crippen molar-refractivity contribution in [3.63, 3.8) is 0 Å². The van der Waals surface area contributed by atoms with E-state index in [4.69, 9.17) is 16.3 Å². The molecule has 0 atom stereocenters. The van der Waals surface area contributed by atoms with Gasteiger partial charge in [0.2, 0.25) is 5.72 Å². The minimum absolute atomic E-state index is 0. The van der Waals surface area contributed by atoms with Crippen molar-refractivity contribution >= 4 is 11.6 Å². The number of nitrogens with zero attached hydrogens (tertiary/aromatic N) is 1. The van der Waals surface area contributed by atoms with Gasteiger partial charge in [-0.15, -0.1) is 0 Å². The van der Waals surface area contributed by atoms with Crippen LogP contribution in [0.2, 0.25) is 5.02 Å². The molecule has 1 aromatic carbocycles. The summed E-state index contributed by atoms with van der Waals surface area (Å²) >= 11 is 6.62. The van der Waals surface area contributed by atoms with Crippen molar-refractivity contribution in [1.29, 1.82) is 0 Å². The van der Waals surface area contributed by atoms with E-state index in [0.717, 1.165) is 34.6 Å². The van der Waals surface area contributed by atoms with Crippen molar-refractivity contribution in [2.75, 3.05) is 14.1 Å². The van der Waals surface area contributed by atoms with Crippen molar-refractivity contribution in [1.82, 2.24) is 0 Å². The highest BCUT2D eigenvalue weighted by Crippen LogP contribution is 2.48. The first-order valence-electron chi connectivity index (χ1n) is 8.50. The molecule has 130 valence electrons. The van der Waals surface area contributed by atoms with E-state index in [0.29, 0.717) is 0 Å². The fourth-order valence-electron chi connectivity index (χ4n) is 4.01. The van der Waals surface area contributed by atoms with Gasteiger partial charge in [0.25, 0.3) is 0 Å². The molecule has 4 heteroatoms. The van der Waals surface area contributed by atoms with Gasteiger partial charge in [0.15, 0.2) is 5.75 Å². The summed E-state index contributed by atoms with van der Waals surface area (Å²) in [6.45, 7) is 7.70. The average molecular weight is 450 g/mol. The van der Waals surface area contributed by atoms with E-state index in [1.165, 1.54) is 30.4 Å². The molecule has 0 N–H and O–H groups in total. The Labute approximate surface area is 163 Å². The first-order chi connectivity index (χ1) is 10.1. The van der Waals surface area contributed by atoms with Crippen molar-refractivity contribution < 1.29 is 33.2 Å². The third kappa shape index (κ3) is 3.38. The fourth-order valence-corrected chi connectivity index (χ4v) is 4.29. The molecule has 0 radical (unpaired) electrons. The minimum Gasteiger partial charge on any atom is -1.00 e. The van der Waals surface area contributed by atoms with E-state index in [1.807, 2.05) is 0 Å². The second-order valence-corrected chi connectivity index (χ2v) is 9.06. The predicted octanol–water partition coefficient (Wildman–Crippen LogP) is 2.27. The molecular formula is C19H29ClINO. The van der Waals surface area contributed by atoms with Gasteiger partial charge >= 0.3 is 0 Å². The van der Waals surface area contributed by atoms with Crippen LogP contribution in [-0.4, -0.2) is 24.3 Å². The monoisotopic (exact) mass is 449 g/mol. The molecule has 2 aliphatic rings. The van der Waals surface area contributed by atoms with E-state index in [-0.39, 0.29) is 35.1 Å². The smallest absolute Gasteiger partial charge is 0.243 e. The number of quaternary nitrogens is 1. The third-order valence-electron chi connectivity index (χ3n) is 5.58. The van der Waals surface area contributed by atoms with Crippen molar-refractivity contribution in [3.05, 3.63) is 28.3 Å². The van der Waals surface area contributed by atoms with E-state index in [1.54, 1.807) is 0 Å². The maximum absolute atomic E-state index is 6.62. The quantitative estimate of drug-likeness (QED) is 0.436. The van der Waals surface area contributed by atoms with Crippen molar-refractivity contribution in [2.45, 2.75) is 70.6 Å². The second kappa shape index (κ2) is 6.38. The van der Waals surface area contributed by atoms with E-state index in [2.05, 4.69) is 47.0 Å². The zero-order valence-electron chi connectivity index (χ0n) is 15.0. The SMILES string of the molecule is CC(C)(C)c1cc(Cl)c2c(c1)C[N+](C)(C)C1(CCCCC1)O2.[I-]. The number of fused-ring (bicyclic) bond motifs is 1. The average Bonchev–Trinajstić information content (AvgIpc) is 2.41. The third-order valence-corrected chi connectivity index (χ3v) is 5.86. The van der Waals surface area contributed by atoms with Crippen LogP contribution in [0.1, 0.15) is 64.0 Å². The number of hydrogen-bond donors (Lipinski definition) is 0. The molecule has 1 aromatic rings. The largest absolute Gasteiger partial charge is 1.00 e. The normalized spacial score (nSPS) is 22.0. The van der Waals surface area contributed by atoms with Crippen LogP contribution in [0.15, 0.2) is 12.1 Å². The van der Waals surface area contributed by atoms with E-state index < -0.39 is 0 Å². The first-order valence-corrected chi connectivity index (χ1v) is 8.87. The molecule has 1 saturated carbocycles. The summed E-state index contributed by atoms with van der Waals surface area (Å²) in [5, 5.41) is 0.784. The summed E-state index contributed by atoms with van der Waals surface area (Å²) < 4.78 is 7.52. The minimum atomic E-state index is -0.0852. The topological polar surface area (TPSA) is 9.23 Å². The molecule has 2 nitrogen and oxygen atoms in total. The van der Waals surface area contributed by atoms with Gasteiger partial charge in [-0.1, -0.05) is 38.8 Å². The summed E-state index contributed by atoms with van der Waals surface area (Å²) in [6.07, 6.45) is 6.12. The van der Waals surface area contributed by atoms with Crippen LogP contribution in [0.5, 0.6) is 5.75 Å². The molecule has 0 aromatic heterocycles. The standard InChI is InChI=1S/C19H29ClNO.HI/c1-18(2,3)15-11-14-13-21(4,5)19(9-7-6-8-10-19)22-17(14)16(20)12-15;/h11-12H,6-10,13H2,1-5H3;1H/q+1;/p-1. The molecule has 1 fully saturated rings. The number of ether oxygens (including phenoxy) is 1. The van der Waals surface area contributed by atoms with Gasteiger partial charge in [-0.2, -0.15) is 0 Å². The molecule has 1 heterocycles. The summed E-state index contributed by atoms with van der Waals surface area (Å²) in [7, 11) is 4.62. The van der Waals surface area contributed by atoms with Gasteiger partial charge in [-0.3, -0.25) is 4.48 Å². The molecule has 0 saturated heterocycles. The van der Waals surface area contributed by atoms with E-state index in [9.17, 15) is 0 Å². The molecule has 1 aliphatic carbocycles. The van der Waals surface area contributed by atoms with E-state index >= 15 is 0 Å². The Balaban J connectivity index is 0.00000192. The molecule has 3 rings (SSSR count). The Morgan fingerprint density at radius 3 is 2.26 bits per heavy atom. The Bertz CT molecular complexity index is 586. The van der Waals surface area contributed by atoms with Crippen LogP contribution in [0.25, 0.3) is 0 Å². The molecule has 1 aliphatic heterocycles. The van der Waals surface area contributed by atoms with Gasteiger partial charge in [0.1, 0.15) is 6.54 Å². The second-order valence-electron chi connectivity index (χ2n) is 8.65. The highest BCUT2D eigenvalue weighted by Gasteiger charge is 2.52. The molecule has 1 spiro atoms. The van der Waals surface area contributed by atoms with Crippen LogP contribution in [0.3, 0.4) is 0 Å². The molecule has 0 unspecified atom stereocenters. The number of benzene rings is 1. The molecular weight excluding hydrogens is 421 g/mol. The zero-order chi connectivity index (χ0) is 16.2. The van der Waals surface area contributed by atoms with Gasteiger partial charge in [0, 0.05) is 12.8 Å². The van der Waals surface area contributed by atoms with Crippen LogP contribution in [0, 0.1) is 0 Å². The highest BCUT2D eigenvalue weighted by atomic mass is 127. The Morgan fingerprint density at radius 1 is 1.09 bits per heavy atom. The van der Waals surface area contributed by atoms with Gasteiger partial charge in [-0.05, 0) is 36.0 Å². The van der Waals surface area contributed by atoms with Gasteiger partial charge in [0.05, 0.1) is 24.7 Å².